The summed E-state index contributed by atoms with van der Waals surface area (Å²) in [5.41, 5.74) is -3.52. The zero-order chi connectivity index (χ0) is 19.4. The van der Waals surface area contributed by atoms with Crippen LogP contribution in [0.2, 0.25) is 0 Å². The molecule has 0 amide bonds. The molecule has 2 atom stereocenters. The highest BCUT2D eigenvalue weighted by atomic mass is 17.2. The van der Waals surface area contributed by atoms with Gasteiger partial charge in [-0.25, -0.2) is 29.3 Å². The molecular formula is C16H34O8. The largest absolute Gasteiger partial charge is 0.251 e. The average molecular weight is 354 g/mol. The van der Waals surface area contributed by atoms with Gasteiger partial charge >= 0.3 is 0 Å². The molecular weight excluding hydrogens is 320 g/mol. The highest BCUT2D eigenvalue weighted by Crippen LogP contribution is 2.32. The Balaban J connectivity index is 5.26. The quantitative estimate of drug-likeness (QED) is 0.477. The van der Waals surface area contributed by atoms with Crippen molar-refractivity contribution in [3.63, 3.8) is 0 Å². The summed E-state index contributed by atoms with van der Waals surface area (Å²) in [5, 5.41) is 18.7. The van der Waals surface area contributed by atoms with E-state index in [-0.39, 0.29) is 0 Å². The van der Waals surface area contributed by atoms with Crippen LogP contribution in [0.5, 0.6) is 0 Å². The Morgan fingerprint density at radius 2 is 0.750 bits per heavy atom. The zero-order valence-electron chi connectivity index (χ0n) is 16.5. The van der Waals surface area contributed by atoms with Crippen molar-refractivity contribution in [2.45, 2.75) is 104 Å². The zero-order valence-corrected chi connectivity index (χ0v) is 16.5. The van der Waals surface area contributed by atoms with Gasteiger partial charge in [-0.1, -0.05) is 0 Å². The van der Waals surface area contributed by atoms with E-state index in [1.807, 2.05) is 41.5 Å². The van der Waals surface area contributed by atoms with Crippen molar-refractivity contribution in [2.75, 3.05) is 0 Å². The summed E-state index contributed by atoms with van der Waals surface area (Å²) in [6, 6.07) is 0. The topological polar surface area (TPSA) is 95.8 Å². The fourth-order valence-electron chi connectivity index (χ4n) is 1.65. The van der Waals surface area contributed by atoms with E-state index in [1.165, 1.54) is 0 Å². The van der Waals surface area contributed by atoms with Crippen LogP contribution in [0.3, 0.4) is 0 Å². The summed E-state index contributed by atoms with van der Waals surface area (Å²) in [7, 11) is 0. The highest BCUT2D eigenvalue weighted by molar-refractivity contribution is 4.94. The molecule has 0 spiro atoms. The monoisotopic (exact) mass is 354 g/mol. The SMILES string of the molecule is CC(C)(C)OOC(C)(C)C(OO)C(OO)C(C)(C)OOC(C)(C)C. The van der Waals surface area contributed by atoms with Gasteiger partial charge in [-0.3, -0.25) is 10.5 Å². The van der Waals surface area contributed by atoms with Crippen molar-refractivity contribution in [1.29, 1.82) is 0 Å². The highest BCUT2D eigenvalue weighted by Gasteiger charge is 2.50. The third kappa shape index (κ3) is 8.17. The maximum Gasteiger partial charge on any atom is 0.156 e. The molecule has 0 aromatic carbocycles. The predicted molar refractivity (Wildman–Crippen MR) is 87.0 cm³/mol. The molecule has 0 fully saturated rings. The molecule has 8 nitrogen and oxygen atoms in total. The Morgan fingerprint density at radius 1 is 0.500 bits per heavy atom. The Hall–Kier alpha value is -0.320. The molecule has 24 heavy (non-hydrogen) atoms. The maximum absolute atomic E-state index is 9.36. The lowest BCUT2D eigenvalue weighted by molar-refractivity contribution is -0.480. The molecule has 0 aliphatic carbocycles. The molecule has 0 saturated heterocycles. The molecule has 2 unspecified atom stereocenters. The van der Waals surface area contributed by atoms with Crippen molar-refractivity contribution in [2.24, 2.45) is 0 Å². The van der Waals surface area contributed by atoms with Crippen molar-refractivity contribution in [1.82, 2.24) is 0 Å². The van der Waals surface area contributed by atoms with Crippen LogP contribution in [0.4, 0.5) is 0 Å². The van der Waals surface area contributed by atoms with Gasteiger partial charge in [-0.15, -0.1) is 0 Å². The van der Waals surface area contributed by atoms with Crippen molar-refractivity contribution >= 4 is 0 Å². The van der Waals surface area contributed by atoms with Crippen LogP contribution in [0.1, 0.15) is 69.2 Å². The lowest BCUT2D eigenvalue weighted by Gasteiger charge is -2.41. The minimum Gasteiger partial charge on any atom is -0.251 e. The van der Waals surface area contributed by atoms with Crippen LogP contribution >= 0.6 is 0 Å². The molecule has 2 N–H and O–H groups in total. The van der Waals surface area contributed by atoms with E-state index >= 15 is 0 Å². The summed E-state index contributed by atoms with van der Waals surface area (Å²) in [5.74, 6) is 0. The van der Waals surface area contributed by atoms with E-state index in [2.05, 4.69) is 9.78 Å². The van der Waals surface area contributed by atoms with Crippen molar-refractivity contribution in [3.8, 4) is 0 Å². The molecule has 8 heteroatoms. The van der Waals surface area contributed by atoms with Gasteiger partial charge in [0.05, 0.1) is 11.2 Å². The van der Waals surface area contributed by atoms with Crippen LogP contribution in [0.25, 0.3) is 0 Å². The van der Waals surface area contributed by atoms with E-state index < -0.39 is 34.6 Å². The third-order valence-corrected chi connectivity index (χ3v) is 2.89. The summed E-state index contributed by atoms with van der Waals surface area (Å²) >= 11 is 0. The minimum atomic E-state index is -1.18. The van der Waals surface area contributed by atoms with Crippen molar-refractivity contribution in [3.05, 3.63) is 0 Å². The summed E-state index contributed by atoms with van der Waals surface area (Å²) in [6.07, 6.45) is -2.30. The molecule has 0 saturated carbocycles. The predicted octanol–water partition coefficient (Wildman–Crippen LogP) is 3.75. The Bertz CT molecular complexity index is 331. The first kappa shape index (κ1) is 23.7. The van der Waals surface area contributed by atoms with E-state index in [0.717, 1.165) is 0 Å². The van der Waals surface area contributed by atoms with Gasteiger partial charge in [-0.05, 0) is 69.2 Å². The van der Waals surface area contributed by atoms with Crippen LogP contribution < -0.4 is 0 Å². The second kappa shape index (κ2) is 8.37. The molecule has 0 aromatic heterocycles. The second-order valence-electron chi connectivity index (χ2n) is 8.82. The fraction of sp³-hybridized carbons (Fsp3) is 1.00. The van der Waals surface area contributed by atoms with Gasteiger partial charge in [-0.2, -0.15) is 0 Å². The van der Waals surface area contributed by atoms with E-state index in [4.69, 9.17) is 19.6 Å². The maximum atomic E-state index is 9.36. The van der Waals surface area contributed by atoms with E-state index in [0.29, 0.717) is 0 Å². The molecule has 0 radical (unpaired) electrons. The Morgan fingerprint density at radius 3 is 0.917 bits per heavy atom. The van der Waals surface area contributed by atoms with E-state index in [1.54, 1.807) is 27.7 Å². The standard InChI is InChI=1S/C16H34O8/c1-13(2,3)21-23-15(7,8)11(19-17)12(20-18)16(9,10)24-22-14(4,5)6/h11-12,17-18H,1-10H3. The Kier molecular flexibility index (Phi) is 8.26. The van der Waals surface area contributed by atoms with Gasteiger partial charge in [0.1, 0.15) is 11.2 Å². The lowest BCUT2D eigenvalue weighted by atomic mass is 9.88. The third-order valence-electron chi connectivity index (χ3n) is 2.89. The molecule has 0 bridgehead atoms. The first-order valence-corrected chi connectivity index (χ1v) is 7.90. The molecule has 0 aromatic rings. The van der Waals surface area contributed by atoms with E-state index in [9.17, 15) is 10.5 Å². The molecule has 0 aliphatic rings. The van der Waals surface area contributed by atoms with Gasteiger partial charge < -0.3 is 0 Å². The minimum absolute atomic E-state index is 0.575. The summed E-state index contributed by atoms with van der Waals surface area (Å²) in [6.45, 7) is 17.3. The smallest absolute Gasteiger partial charge is 0.156 e. The molecule has 0 rings (SSSR count). The van der Waals surface area contributed by atoms with Crippen LogP contribution in [-0.4, -0.2) is 45.1 Å². The number of rotatable bonds is 9. The molecule has 146 valence electrons. The molecule has 0 aliphatic heterocycles. The van der Waals surface area contributed by atoms with Crippen LogP contribution in [0, 0.1) is 0 Å². The fourth-order valence-corrected chi connectivity index (χ4v) is 1.65. The summed E-state index contributed by atoms with van der Waals surface area (Å²) < 4.78 is 0. The van der Waals surface area contributed by atoms with Crippen LogP contribution in [-0.2, 0) is 29.3 Å². The van der Waals surface area contributed by atoms with Crippen molar-refractivity contribution < 1.29 is 39.8 Å². The number of hydrogen-bond donors (Lipinski definition) is 2. The van der Waals surface area contributed by atoms with Gasteiger partial charge in [0.2, 0.25) is 0 Å². The lowest BCUT2D eigenvalue weighted by Crippen LogP contribution is -2.58. The van der Waals surface area contributed by atoms with Gasteiger partial charge in [0, 0.05) is 0 Å². The normalized spacial score (nSPS) is 17.0. The average Bonchev–Trinajstić information content (AvgIpc) is 2.38. The second-order valence-corrected chi connectivity index (χ2v) is 8.82. The van der Waals surface area contributed by atoms with Crippen LogP contribution in [0.15, 0.2) is 0 Å². The first-order chi connectivity index (χ1) is 10.6. The van der Waals surface area contributed by atoms with Gasteiger partial charge in [0.15, 0.2) is 12.2 Å². The number of hydrogen-bond acceptors (Lipinski definition) is 8. The van der Waals surface area contributed by atoms with Gasteiger partial charge in [0.25, 0.3) is 0 Å². The summed E-state index contributed by atoms with van der Waals surface area (Å²) in [4.78, 5) is 30.4. The first-order valence-electron chi connectivity index (χ1n) is 7.90. The molecule has 0 heterocycles. The Labute approximate surface area is 144 Å².